The number of nitrogens with zero attached hydrogens (tertiary/aromatic N) is 3. The van der Waals surface area contributed by atoms with Crippen LogP contribution in [0, 0.1) is 0 Å². The minimum atomic E-state index is -0.329. The second-order valence-corrected chi connectivity index (χ2v) is 5.93. The van der Waals surface area contributed by atoms with Gasteiger partial charge >= 0.3 is 6.03 Å². The van der Waals surface area contributed by atoms with Crippen LogP contribution in [0.5, 0.6) is 0 Å². The lowest BCUT2D eigenvalue weighted by molar-refractivity contribution is 0.252. The van der Waals surface area contributed by atoms with Gasteiger partial charge in [-0.15, -0.1) is 0 Å². The Labute approximate surface area is 153 Å². The molecule has 3 rings (SSSR count). The smallest absolute Gasteiger partial charge is 0.320 e. The zero-order valence-electron chi connectivity index (χ0n) is 13.2. The van der Waals surface area contributed by atoms with E-state index in [4.69, 9.17) is 23.2 Å². The predicted octanol–water partition coefficient (Wildman–Crippen LogP) is 4.22. The molecular weight excluding hydrogens is 363 g/mol. The number of pyridine rings is 1. The van der Waals surface area contributed by atoms with Gasteiger partial charge in [0.15, 0.2) is 11.5 Å². The molecule has 0 aliphatic rings. The van der Waals surface area contributed by atoms with Gasteiger partial charge in [-0.05, 0) is 37.3 Å². The van der Waals surface area contributed by atoms with E-state index in [0.29, 0.717) is 45.1 Å². The Morgan fingerprint density at radius 3 is 2.52 bits per heavy atom. The van der Waals surface area contributed by atoms with Crippen LogP contribution in [0.4, 0.5) is 22.1 Å². The molecule has 3 aromatic rings. The first kappa shape index (κ1) is 17.2. The third-order valence-electron chi connectivity index (χ3n) is 3.12. The molecule has 0 saturated carbocycles. The second-order valence-electron chi connectivity index (χ2n) is 5.06. The molecule has 25 heavy (non-hydrogen) atoms. The van der Waals surface area contributed by atoms with Gasteiger partial charge in [0, 0.05) is 22.3 Å². The van der Waals surface area contributed by atoms with Gasteiger partial charge in [-0.1, -0.05) is 23.2 Å². The zero-order valence-corrected chi connectivity index (χ0v) is 14.7. The number of anilines is 3. The van der Waals surface area contributed by atoms with Crippen molar-refractivity contribution in [3.63, 3.8) is 0 Å². The molecule has 3 N–H and O–H groups in total. The van der Waals surface area contributed by atoms with Crippen molar-refractivity contribution in [2.24, 2.45) is 0 Å². The van der Waals surface area contributed by atoms with Crippen molar-refractivity contribution in [1.29, 1.82) is 0 Å². The number of urea groups is 1. The van der Waals surface area contributed by atoms with Gasteiger partial charge in [0.2, 0.25) is 0 Å². The maximum absolute atomic E-state index is 11.6. The Kier molecular flexibility index (Phi) is 5.16. The number of amides is 2. The second kappa shape index (κ2) is 7.50. The number of carbonyl (C=O) groups excluding carboxylic acids is 1. The summed E-state index contributed by atoms with van der Waals surface area (Å²) in [6.07, 6.45) is 1.58. The molecule has 2 aromatic heterocycles. The van der Waals surface area contributed by atoms with Crippen LogP contribution < -0.4 is 16.0 Å². The molecular formula is C16H14Cl2N6O. The fraction of sp³-hybridized carbons (Fsp3) is 0.125. The number of hydrogen-bond donors (Lipinski definition) is 3. The maximum atomic E-state index is 11.6. The van der Waals surface area contributed by atoms with E-state index in [9.17, 15) is 4.79 Å². The van der Waals surface area contributed by atoms with E-state index in [1.165, 1.54) is 0 Å². The molecule has 2 amide bonds. The number of hydrogen-bond acceptors (Lipinski definition) is 5. The molecule has 0 atom stereocenters. The molecule has 0 spiro atoms. The summed E-state index contributed by atoms with van der Waals surface area (Å²) in [5.41, 5.74) is 1.69. The quantitative estimate of drug-likeness (QED) is 0.633. The summed E-state index contributed by atoms with van der Waals surface area (Å²) >= 11 is 12.0. The molecule has 0 fully saturated rings. The zero-order chi connectivity index (χ0) is 17.8. The number of halogens is 2. The average Bonchev–Trinajstić information content (AvgIpc) is 2.53. The lowest BCUT2D eigenvalue weighted by atomic mass is 10.3. The van der Waals surface area contributed by atoms with E-state index in [-0.39, 0.29) is 6.03 Å². The summed E-state index contributed by atoms with van der Waals surface area (Å²) in [5.74, 6) is 0.865. The first-order valence-electron chi connectivity index (χ1n) is 7.45. The number of carbonyl (C=O) groups is 1. The summed E-state index contributed by atoms with van der Waals surface area (Å²) in [7, 11) is 0. The van der Waals surface area contributed by atoms with Gasteiger partial charge in [0.25, 0.3) is 0 Å². The highest BCUT2D eigenvalue weighted by molar-refractivity contribution is 6.35. The molecule has 9 heteroatoms. The van der Waals surface area contributed by atoms with E-state index in [2.05, 4.69) is 30.9 Å². The average molecular weight is 377 g/mol. The Hall–Kier alpha value is -2.64. The summed E-state index contributed by atoms with van der Waals surface area (Å²) < 4.78 is 0. The van der Waals surface area contributed by atoms with Crippen molar-refractivity contribution in [2.45, 2.75) is 6.92 Å². The summed E-state index contributed by atoms with van der Waals surface area (Å²) in [4.78, 5) is 24.6. The number of rotatable bonds is 4. The number of nitrogens with one attached hydrogen (secondary N) is 3. The Morgan fingerprint density at radius 1 is 1.08 bits per heavy atom. The number of aromatic nitrogens is 3. The molecule has 0 aliphatic heterocycles. The summed E-state index contributed by atoms with van der Waals surface area (Å²) in [6, 6.07) is 8.15. The van der Waals surface area contributed by atoms with Crippen molar-refractivity contribution in [3.05, 3.63) is 46.6 Å². The van der Waals surface area contributed by atoms with Gasteiger partial charge in [-0.2, -0.15) is 0 Å². The fourth-order valence-electron chi connectivity index (χ4n) is 2.12. The lowest BCUT2D eigenvalue weighted by Crippen LogP contribution is -2.28. The topological polar surface area (TPSA) is 91.8 Å². The normalized spacial score (nSPS) is 10.5. The predicted molar refractivity (Wildman–Crippen MR) is 99.8 cm³/mol. The van der Waals surface area contributed by atoms with Gasteiger partial charge in [0.1, 0.15) is 11.3 Å². The van der Waals surface area contributed by atoms with Crippen molar-refractivity contribution >= 4 is 57.7 Å². The molecule has 7 nitrogen and oxygen atoms in total. The van der Waals surface area contributed by atoms with Crippen molar-refractivity contribution in [1.82, 2.24) is 20.3 Å². The number of fused-ring (bicyclic) bond motifs is 1. The van der Waals surface area contributed by atoms with E-state index in [1.54, 1.807) is 36.5 Å². The third-order valence-corrected chi connectivity index (χ3v) is 3.56. The minimum absolute atomic E-state index is 0.329. The van der Waals surface area contributed by atoms with Gasteiger partial charge in [-0.3, -0.25) is 5.32 Å². The highest BCUT2D eigenvalue weighted by Crippen LogP contribution is 2.25. The molecule has 0 radical (unpaired) electrons. The Bertz CT molecular complexity index is 913. The Balaban J connectivity index is 1.86. The summed E-state index contributed by atoms with van der Waals surface area (Å²) in [5, 5.41) is 9.36. The van der Waals surface area contributed by atoms with E-state index in [1.807, 2.05) is 6.92 Å². The SMILES string of the molecule is CCNC(=O)Nc1ccc2ncc(Nc3cc(Cl)cc(Cl)c3)nc2n1. The molecule has 0 bridgehead atoms. The molecule has 128 valence electrons. The van der Waals surface area contributed by atoms with Crippen LogP contribution in [0.15, 0.2) is 36.5 Å². The number of benzene rings is 1. The van der Waals surface area contributed by atoms with Crippen molar-refractivity contribution < 1.29 is 4.79 Å². The minimum Gasteiger partial charge on any atom is -0.339 e. The third kappa shape index (κ3) is 4.46. The summed E-state index contributed by atoms with van der Waals surface area (Å²) in [6.45, 7) is 2.36. The van der Waals surface area contributed by atoms with E-state index in [0.717, 1.165) is 0 Å². The molecule has 0 saturated heterocycles. The largest absolute Gasteiger partial charge is 0.339 e. The first-order chi connectivity index (χ1) is 12.0. The van der Waals surface area contributed by atoms with Gasteiger partial charge in [0.05, 0.1) is 6.20 Å². The lowest BCUT2D eigenvalue weighted by Gasteiger charge is -2.08. The molecule has 2 heterocycles. The first-order valence-corrected chi connectivity index (χ1v) is 8.21. The van der Waals surface area contributed by atoms with Crippen molar-refractivity contribution in [3.8, 4) is 0 Å². The standard InChI is InChI=1S/C16H14Cl2N6O/c1-2-19-16(25)24-13-4-3-12-15(22-13)23-14(8-20-12)21-11-6-9(17)5-10(18)7-11/h3-8H,2H2,1H3,(H3,19,21,22,23,24,25). The van der Waals surface area contributed by atoms with Crippen LogP contribution in [-0.2, 0) is 0 Å². The van der Waals surface area contributed by atoms with Gasteiger partial charge < -0.3 is 10.6 Å². The van der Waals surface area contributed by atoms with Crippen LogP contribution in [0.1, 0.15) is 6.92 Å². The van der Waals surface area contributed by atoms with Gasteiger partial charge in [-0.25, -0.2) is 19.7 Å². The highest BCUT2D eigenvalue weighted by atomic mass is 35.5. The molecule has 1 aromatic carbocycles. The van der Waals surface area contributed by atoms with Crippen molar-refractivity contribution in [2.75, 3.05) is 17.2 Å². The fourth-order valence-corrected chi connectivity index (χ4v) is 2.65. The van der Waals surface area contributed by atoms with Crippen LogP contribution in [-0.4, -0.2) is 27.5 Å². The van der Waals surface area contributed by atoms with E-state index < -0.39 is 0 Å². The van der Waals surface area contributed by atoms with E-state index >= 15 is 0 Å². The van der Waals surface area contributed by atoms with Crippen LogP contribution in [0.3, 0.4) is 0 Å². The molecule has 0 unspecified atom stereocenters. The monoisotopic (exact) mass is 376 g/mol. The Morgan fingerprint density at radius 2 is 1.80 bits per heavy atom. The maximum Gasteiger partial charge on any atom is 0.320 e. The van der Waals surface area contributed by atoms with Crippen LogP contribution in [0.25, 0.3) is 11.2 Å². The van der Waals surface area contributed by atoms with Crippen LogP contribution in [0.2, 0.25) is 10.0 Å². The van der Waals surface area contributed by atoms with Crippen LogP contribution >= 0.6 is 23.2 Å². The highest BCUT2D eigenvalue weighted by Gasteiger charge is 2.06. The molecule has 0 aliphatic carbocycles.